The van der Waals surface area contributed by atoms with Gasteiger partial charge in [0.05, 0.1) is 18.2 Å². The van der Waals surface area contributed by atoms with Crippen LogP contribution in [-0.2, 0) is 11.8 Å². The average Bonchev–Trinajstić information content (AvgIpc) is 2.39. The van der Waals surface area contributed by atoms with E-state index in [0.29, 0.717) is 11.3 Å². The van der Waals surface area contributed by atoms with Gasteiger partial charge < -0.3 is 15.9 Å². The molecule has 0 aromatic carbocycles. The van der Waals surface area contributed by atoms with Gasteiger partial charge in [0.25, 0.3) is 0 Å². The summed E-state index contributed by atoms with van der Waals surface area (Å²) in [4.78, 5) is 10.7. The van der Waals surface area contributed by atoms with Crippen LogP contribution < -0.4 is 5.73 Å². The van der Waals surface area contributed by atoms with E-state index in [2.05, 4.69) is 5.10 Å². The lowest BCUT2D eigenvalue weighted by Gasteiger charge is -2.17. The van der Waals surface area contributed by atoms with Gasteiger partial charge >= 0.3 is 0 Å². The maximum Gasteiger partial charge on any atom is 0.220 e. The van der Waals surface area contributed by atoms with Crippen molar-refractivity contribution in [2.75, 3.05) is 0 Å². The maximum absolute atomic E-state index is 10.7. The van der Waals surface area contributed by atoms with Crippen LogP contribution in [-0.4, -0.2) is 32.0 Å². The molecule has 0 aliphatic rings. The van der Waals surface area contributed by atoms with Gasteiger partial charge in [-0.15, -0.1) is 0 Å². The van der Waals surface area contributed by atoms with E-state index in [1.165, 1.54) is 0 Å². The molecule has 4 N–H and O–H groups in total. The van der Waals surface area contributed by atoms with Crippen molar-refractivity contribution in [3.63, 3.8) is 0 Å². The van der Waals surface area contributed by atoms with E-state index >= 15 is 0 Å². The first-order valence-corrected chi connectivity index (χ1v) is 4.99. The Labute approximate surface area is 93.7 Å². The molecule has 1 aromatic heterocycles. The summed E-state index contributed by atoms with van der Waals surface area (Å²) in [5.74, 6) is -0.647. The Kier molecular flexibility index (Phi) is 3.66. The molecule has 0 bridgehead atoms. The largest absolute Gasteiger partial charge is 0.390 e. The number of aliphatic hydroxyl groups excluding tert-OH is 2. The lowest BCUT2D eigenvalue weighted by molar-refractivity contribution is -0.121. The summed E-state index contributed by atoms with van der Waals surface area (Å²) in [6.07, 6.45) is -2.60. The molecule has 2 unspecified atom stereocenters. The second kappa shape index (κ2) is 4.63. The zero-order valence-corrected chi connectivity index (χ0v) is 9.64. The Hall–Kier alpha value is -1.40. The average molecular weight is 227 g/mol. The molecule has 0 saturated carbocycles. The predicted molar refractivity (Wildman–Crippen MR) is 57.5 cm³/mol. The van der Waals surface area contributed by atoms with E-state index in [-0.39, 0.29) is 6.42 Å². The number of aromatic nitrogens is 2. The molecule has 0 spiro atoms. The summed E-state index contributed by atoms with van der Waals surface area (Å²) in [5, 5.41) is 23.6. The van der Waals surface area contributed by atoms with Gasteiger partial charge in [0.2, 0.25) is 5.91 Å². The number of nitrogens with two attached hydrogens (primary N) is 1. The molecule has 0 aliphatic carbocycles. The van der Waals surface area contributed by atoms with Crippen LogP contribution in [0.1, 0.15) is 29.5 Å². The molecule has 0 aliphatic heterocycles. The molecular weight excluding hydrogens is 210 g/mol. The van der Waals surface area contributed by atoms with Crippen molar-refractivity contribution in [1.82, 2.24) is 9.78 Å². The summed E-state index contributed by atoms with van der Waals surface area (Å²) in [6.45, 7) is 3.53. The van der Waals surface area contributed by atoms with Crippen molar-refractivity contribution < 1.29 is 15.0 Å². The Morgan fingerprint density at radius 1 is 1.50 bits per heavy atom. The van der Waals surface area contributed by atoms with Gasteiger partial charge in [0.1, 0.15) is 6.10 Å². The first-order valence-electron chi connectivity index (χ1n) is 4.99. The Bertz CT molecular complexity index is 400. The van der Waals surface area contributed by atoms with E-state index < -0.39 is 18.1 Å². The van der Waals surface area contributed by atoms with Gasteiger partial charge in [-0.2, -0.15) is 5.10 Å². The SMILES string of the molecule is Cc1nn(C)c(C)c1C(O)C(O)CC(N)=O. The van der Waals surface area contributed by atoms with Crippen molar-refractivity contribution in [2.45, 2.75) is 32.5 Å². The van der Waals surface area contributed by atoms with Crippen LogP contribution >= 0.6 is 0 Å². The van der Waals surface area contributed by atoms with Gasteiger partial charge in [-0.05, 0) is 13.8 Å². The van der Waals surface area contributed by atoms with Crippen LogP contribution in [0.2, 0.25) is 0 Å². The second-order valence-electron chi connectivity index (χ2n) is 3.89. The first kappa shape index (κ1) is 12.7. The second-order valence-corrected chi connectivity index (χ2v) is 3.89. The van der Waals surface area contributed by atoms with Crippen LogP contribution in [0.3, 0.4) is 0 Å². The minimum absolute atomic E-state index is 0.269. The molecular formula is C10H17N3O3. The number of nitrogens with zero attached hydrogens (tertiary/aromatic N) is 2. The summed E-state index contributed by atoms with van der Waals surface area (Å²) in [5.41, 5.74) is 6.90. The smallest absolute Gasteiger partial charge is 0.220 e. The minimum atomic E-state index is -1.20. The van der Waals surface area contributed by atoms with Crippen molar-refractivity contribution in [1.29, 1.82) is 0 Å². The van der Waals surface area contributed by atoms with E-state index in [4.69, 9.17) is 5.73 Å². The molecule has 90 valence electrons. The molecule has 1 heterocycles. The topological polar surface area (TPSA) is 101 Å². The fourth-order valence-corrected chi connectivity index (χ4v) is 1.73. The van der Waals surface area contributed by atoms with E-state index in [1.54, 1.807) is 25.6 Å². The van der Waals surface area contributed by atoms with Gasteiger partial charge in [-0.3, -0.25) is 9.48 Å². The van der Waals surface area contributed by atoms with Gasteiger partial charge in [0.15, 0.2) is 0 Å². The lowest BCUT2D eigenvalue weighted by atomic mass is 10.0. The van der Waals surface area contributed by atoms with Crippen molar-refractivity contribution in [2.24, 2.45) is 12.8 Å². The van der Waals surface area contributed by atoms with Crippen molar-refractivity contribution in [3.05, 3.63) is 17.0 Å². The van der Waals surface area contributed by atoms with Crippen LogP contribution in [0.25, 0.3) is 0 Å². The number of carbonyl (C=O) groups is 1. The summed E-state index contributed by atoms with van der Waals surface area (Å²) < 4.78 is 1.62. The monoisotopic (exact) mass is 227 g/mol. The highest BCUT2D eigenvalue weighted by Gasteiger charge is 2.25. The predicted octanol–water partition coefficient (Wildman–Crippen LogP) is -0.693. The Balaban J connectivity index is 2.95. The number of amides is 1. The third kappa shape index (κ3) is 2.40. The standard InChI is InChI=1S/C10H17N3O3/c1-5-9(6(2)13(3)12-5)10(16)7(14)4-8(11)15/h7,10,14,16H,4H2,1-3H3,(H2,11,15). The molecule has 2 atom stereocenters. The maximum atomic E-state index is 10.7. The number of primary amides is 1. The zero-order chi connectivity index (χ0) is 12.5. The van der Waals surface area contributed by atoms with Crippen molar-refractivity contribution >= 4 is 5.91 Å². The molecule has 0 saturated heterocycles. The quantitative estimate of drug-likeness (QED) is 0.633. The first-order chi connectivity index (χ1) is 7.34. The summed E-state index contributed by atoms with van der Waals surface area (Å²) in [7, 11) is 1.75. The molecule has 0 fully saturated rings. The van der Waals surface area contributed by atoms with E-state index in [1.807, 2.05) is 0 Å². The highest BCUT2D eigenvalue weighted by molar-refractivity contribution is 5.74. The van der Waals surface area contributed by atoms with E-state index in [9.17, 15) is 15.0 Å². The number of aryl methyl sites for hydroxylation is 2. The number of hydrogen-bond acceptors (Lipinski definition) is 4. The van der Waals surface area contributed by atoms with Crippen LogP contribution in [0.4, 0.5) is 0 Å². The number of aliphatic hydroxyl groups is 2. The number of hydrogen-bond donors (Lipinski definition) is 3. The Morgan fingerprint density at radius 3 is 2.44 bits per heavy atom. The summed E-state index contributed by atoms with van der Waals surface area (Å²) in [6, 6.07) is 0. The number of rotatable bonds is 4. The highest BCUT2D eigenvalue weighted by Crippen LogP contribution is 2.24. The van der Waals surface area contributed by atoms with Crippen molar-refractivity contribution in [3.8, 4) is 0 Å². The fourth-order valence-electron chi connectivity index (χ4n) is 1.73. The van der Waals surface area contributed by atoms with Gasteiger partial charge in [-0.1, -0.05) is 0 Å². The normalized spacial score (nSPS) is 14.8. The molecule has 6 nitrogen and oxygen atoms in total. The lowest BCUT2D eigenvalue weighted by Crippen LogP contribution is -2.26. The Morgan fingerprint density at radius 2 is 2.06 bits per heavy atom. The van der Waals surface area contributed by atoms with Gasteiger partial charge in [0, 0.05) is 18.3 Å². The van der Waals surface area contributed by atoms with Crippen LogP contribution in [0.5, 0.6) is 0 Å². The molecule has 1 amide bonds. The highest BCUT2D eigenvalue weighted by atomic mass is 16.3. The van der Waals surface area contributed by atoms with Crippen LogP contribution in [0.15, 0.2) is 0 Å². The minimum Gasteiger partial charge on any atom is -0.390 e. The zero-order valence-electron chi connectivity index (χ0n) is 9.64. The third-order valence-corrected chi connectivity index (χ3v) is 2.64. The molecule has 6 heteroatoms. The van der Waals surface area contributed by atoms with Crippen LogP contribution in [0, 0.1) is 13.8 Å². The molecule has 0 radical (unpaired) electrons. The summed E-state index contributed by atoms with van der Waals surface area (Å²) >= 11 is 0. The molecule has 16 heavy (non-hydrogen) atoms. The fraction of sp³-hybridized carbons (Fsp3) is 0.600. The number of carbonyl (C=O) groups excluding carboxylic acids is 1. The third-order valence-electron chi connectivity index (χ3n) is 2.64. The van der Waals surface area contributed by atoms with E-state index in [0.717, 1.165) is 5.69 Å². The molecule has 1 rings (SSSR count). The van der Waals surface area contributed by atoms with Gasteiger partial charge in [-0.25, -0.2) is 0 Å². The molecule has 1 aromatic rings.